The maximum absolute atomic E-state index is 11.9. The molecule has 0 aliphatic carbocycles. The average molecular weight is 349 g/mol. The molecule has 0 aliphatic heterocycles. The summed E-state index contributed by atoms with van der Waals surface area (Å²) in [4.78, 5) is 23.7. The predicted molar refractivity (Wildman–Crippen MR) is 86.5 cm³/mol. The summed E-state index contributed by atoms with van der Waals surface area (Å²) < 4.78 is 4.90. The highest BCUT2D eigenvalue weighted by Crippen LogP contribution is 2.24. The molecule has 0 aliphatic rings. The molecule has 0 radical (unpaired) electrons. The van der Waals surface area contributed by atoms with Crippen molar-refractivity contribution in [2.45, 2.75) is 0 Å². The van der Waals surface area contributed by atoms with Crippen molar-refractivity contribution >= 4 is 40.8 Å². The molecule has 116 valence electrons. The molecule has 1 N–H and O–H groups in total. The predicted octanol–water partition coefficient (Wildman–Crippen LogP) is 3.66. The number of nitriles is 1. The topological polar surface area (TPSA) is 79.2 Å². The van der Waals surface area contributed by atoms with E-state index in [4.69, 9.17) is 33.2 Å². The number of rotatable bonds is 4. The van der Waals surface area contributed by atoms with Crippen LogP contribution >= 0.6 is 23.2 Å². The van der Waals surface area contributed by atoms with Crippen LogP contribution in [0.2, 0.25) is 10.0 Å². The zero-order valence-corrected chi connectivity index (χ0v) is 13.2. The van der Waals surface area contributed by atoms with Crippen LogP contribution in [0.15, 0.2) is 42.5 Å². The van der Waals surface area contributed by atoms with Gasteiger partial charge in [-0.2, -0.15) is 5.26 Å². The molecule has 0 fully saturated rings. The largest absolute Gasteiger partial charge is 0.452 e. The highest BCUT2D eigenvalue weighted by Gasteiger charge is 2.17. The first-order chi connectivity index (χ1) is 11.0. The zero-order chi connectivity index (χ0) is 16.8. The first kappa shape index (κ1) is 16.8. The van der Waals surface area contributed by atoms with Crippen LogP contribution in [0.1, 0.15) is 15.9 Å². The van der Waals surface area contributed by atoms with E-state index >= 15 is 0 Å². The van der Waals surface area contributed by atoms with Crippen LogP contribution < -0.4 is 5.32 Å². The number of esters is 1. The summed E-state index contributed by atoms with van der Waals surface area (Å²) in [6.45, 7) is -0.503. The van der Waals surface area contributed by atoms with E-state index < -0.39 is 18.5 Å². The van der Waals surface area contributed by atoms with Crippen LogP contribution in [0.3, 0.4) is 0 Å². The standard InChI is InChI=1S/C16H10Cl2N2O3/c17-12-5-2-6-13(18)15(12)16(22)23-9-14(21)20-11-4-1-3-10(7-11)8-19/h1-7H,9H2,(H,20,21). The quantitative estimate of drug-likeness (QED) is 0.855. The number of halogens is 2. The highest BCUT2D eigenvalue weighted by molar-refractivity contribution is 6.39. The lowest BCUT2D eigenvalue weighted by molar-refractivity contribution is -0.119. The number of hydrogen-bond acceptors (Lipinski definition) is 4. The second kappa shape index (κ2) is 7.63. The molecule has 1 amide bonds. The molecule has 0 atom stereocenters. The zero-order valence-electron chi connectivity index (χ0n) is 11.7. The van der Waals surface area contributed by atoms with Gasteiger partial charge in [-0.15, -0.1) is 0 Å². The number of carbonyl (C=O) groups excluding carboxylic acids is 2. The summed E-state index contributed by atoms with van der Waals surface area (Å²) >= 11 is 11.8. The van der Waals surface area contributed by atoms with Gasteiger partial charge in [0, 0.05) is 5.69 Å². The molecule has 2 aromatic rings. The van der Waals surface area contributed by atoms with E-state index in [0.29, 0.717) is 11.3 Å². The van der Waals surface area contributed by atoms with E-state index in [1.807, 2.05) is 6.07 Å². The summed E-state index contributed by atoms with van der Waals surface area (Å²) in [5.41, 5.74) is 0.846. The third kappa shape index (κ3) is 4.46. The van der Waals surface area contributed by atoms with Crippen LogP contribution in [-0.4, -0.2) is 18.5 Å². The minimum absolute atomic E-state index is 0.00936. The Morgan fingerprint density at radius 2 is 1.78 bits per heavy atom. The molecule has 0 spiro atoms. The fraction of sp³-hybridized carbons (Fsp3) is 0.0625. The van der Waals surface area contributed by atoms with Gasteiger partial charge in [0.05, 0.1) is 27.2 Å². The molecule has 0 aromatic heterocycles. The SMILES string of the molecule is N#Cc1cccc(NC(=O)COC(=O)c2c(Cl)cccc2Cl)c1. The van der Waals surface area contributed by atoms with Gasteiger partial charge >= 0.3 is 5.97 Å². The Kier molecular flexibility index (Phi) is 5.58. The Morgan fingerprint density at radius 3 is 2.43 bits per heavy atom. The molecule has 2 aromatic carbocycles. The maximum atomic E-state index is 11.9. The highest BCUT2D eigenvalue weighted by atomic mass is 35.5. The molecular formula is C16H10Cl2N2O3. The minimum atomic E-state index is -0.790. The molecule has 5 nitrogen and oxygen atoms in total. The lowest BCUT2D eigenvalue weighted by Gasteiger charge is -2.08. The van der Waals surface area contributed by atoms with Gasteiger partial charge in [-0.1, -0.05) is 35.3 Å². The van der Waals surface area contributed by atoms with E-state index in [0.717, 1.165) is 0 Å². The molecule has 7 heteroatoms. The van der Waals surface area contributed by atoms with Crippen LogP contribution in [0.5, 0.6) is 0 Å². The number of nitrogens with zero attached hydrogens (tertiary/aromatic N) is 1. The van der Waals surface area contributed by atoms with Gasteiger partial charge in [-0.05, 0) is 30.3 Å². The number of hydrogen-bond donors (Lipinski definition) is 1. The average Bonchev–Trinajstić information content (AvgIpc) is 2.53. The van der Waals surface area contributed by atoms with E-state index in [1.165, 1.54) is 18.2 Å². The summed E-state index contributed by atoms with van der Waals surface area (Å²) in [5.74, 6) is -1.34. The van der Waals surface area contributed by atoms with Gasteiger partial charge in [-0.3, -0.25) is 4.79 Å². The van der Waals surface area contributed by atoms with Crippen molar-refractivity contribution in [1.82, 2.24) is 0 Å². The summed E-state index contributed by atoms with van der Waals surface area (Å²) in [5, 5.41) is 11.6. The molecule has 0 unspecified atom stereocenters. The number of ether oxygens (including phenoxy) is 1. The molecule has 0 heterocycles. The number of anilines is 1. The summed E-state index contributed by atoms with van der Waals surface area (Å²) in [7, 11) is 0. The molecule has 0 bridgehead atoms. The number of amides is 1. The molecule has 23 heavy (non-hydrogen) atoms. The van der Waals surface area contributed by atoms with Crippen LogP contribution in [0.25, 0.3) is 0 Å². The van der Waals surface area contributed by atoms with Crippen molar-refractivity contribution in [2.75, 3.05) is 11.9 Å². The molecule has 0 saturated carbocycles. The summed E-state index contributed by atoms with van der Waals surface area (Å²) in [6, 6.07) is 12.9. The number of benzene rings is 2. The van der Waals surface area contributed by atoms with Gasteiger partial charge in [0.25, 0.3) is 5.91 Å². The first-order valence-corrected chi connectivity index (χ1v) is 7.18. The Labute approximate surface area is 142 Å². The Bertz CT molecular complexity index is 780. The van der Waals surface area contributed by atoms with Crippen LogP contribution in [-0.2, 0) is 9.53 Å². The van der Waals surface area contributed by atoms with Gasteiger partial charge in [0.15, 0.2) is 6.61 Å². The van der Waals surface area contributed by atoms with Crippen molar-refractivity contribution in [3.8, 4) is 6.07 Å². The number of nitrogens with one attached hydrogen (secondary N) is 1. The molecule has 0 saturated heterocycles. The fourth-order valence-electron chi connectivity index (χ4n) is 1.76. The second-order valence-electron chi connectivity index (χ2n) is 4.41. The van der Waals surface area contributed by atoms with Gasteiger partial charge in [0.2, 0.25) is 0 Å². The van der Waals surface area contributed by atoms with E-state index in [9.17, 15) is 9.59 Å². The Balaban J connectivity index is 1.96. The van der Waals surface area contributed by atoms with Crippen LogP contribution in [0, 0.1) is 11.3 Å². The van der Waals surface area contributed by atoms with E-state index in [2.05, 4.69) is 5.32 Å². The lowest BCUT2D eigenvalue weighted by atomic mass is 10.2. The smallest absolute Gasteiger partial charge is 0.341 e. The van der Waals surface area contributed by atoms with Crippen molar-refractivity contribution in [1.29, 1.82) is 5.26 Å². The van der Waals surface area contributed by atoms with Gasteiger partial charge in [-0.25, -0.2) is 4.79 Å². The van der Waals surface area contributed by atoms with E-state index in [1.54, 1.807) is 24.3 Å². The monoisotopic (exact) mass is 348 g/mol. The van der Waals surface area contributed by atoms with Gasteiger partial charge in [0.1, 0.15) is 0 Å². The fourth-order valence-corrected chi connectivity index (χ4v) is 2.31. The Morgan fingerprint density at radius 1 is 1.13 bits per heavy atom. The third-order valence-electron chi connectivity index (χ3n) is 2.78. The minimum Gasteiger partial charge on any atom is -0.452 e. The van der Waals surface area contributed by atoms with Crippen molar-refractivity contribution < 1.29 is 14.3 Å². The van der Waals surface area contributed by atoms with Crippen molar-refractivity contribution in [3.63, 3.8) is 0 Å². The number of carbonyl (C=O) groups is 2. The third-order valence-corrected chi connectivity index (χ3v) is 3.41. The molecular weight excluding hydrogens is 339 g/mol. The molecule has 2 rings (SSSR count). The van der Waals surface area contributed by atoms with Crippen molar-refractivity contribution in [3.05, 3.63) is 63.6 Å². The van der Waals surface area contributed by atoms with E-state index in [-0.39, 0.29) is 15.6 Å². The summed E-state index contributed by atoms with van der Waals surface area (Å²) in [6.07, 6.45) is 0. The van der Waals surface area contributed by atoms with Crippen LogP contribution in [0.4, 0.5) is 5.69 Å². The lowest BCUT2D eigenvalue weighted by Crippen LogP contribution is -2.21. The normalized spacial score (nSPS) is 9.78. The Hall–Kier alpha value is -2.55. The second-order valence-corrected chi connectivity index (χ2v) is 5.23. The maximum Gasteiger partial charge on any atom is 0.341 e. The van der Waals surface area contributed by atoms with Gasteiger partial charge < -0.3 is 10.1 Å². The first-order valence-electron chi connectivity index (χ1n) is 6.42. The van der Waals surface area contributed by atoms with Crippen molar-refractivity contribution in [2.24, 2.45) is 0 Å².